The van der Waals surface area contributed by atoms with Gasteiger partial charge < -0.3 is 15.3 Å². The van der Waals surface area contributed by atoms with Gasteiger partial charge in [-0.05, 0) is 115 Å². The highest BCUT2D eigenvalue weighted by molar-refractivity contribution is 5.18. The van der Waals surface area contributed by atoms with Gasteiger partial charge in [-0.15, -0.1) is 0 Å². The standard InChI is InChI=1S/C40H70O3/c1-24-13-18-31(20-30-16-14-29(15-17-30)19-28-11-9-8-10-12-28)32-22-38(5)23-39(6)21-25(2)33(27(4)41)37(43)40(39,7)26(3)35(38)36(42)34(24)32/h24-37,41-43H,8-23H2,1-7H3. The van der Waals surface area contributed by atoms with Gasteiger partial charge in [-0.1, -0.05) is 106 Å². The molecule has 3 N–H and O–H groups in total. The molecule has 0 amide bonds. The zero-order valence-electron chi connectivity index (χ0n) is 29.2. The fraction of sp³-hybridized carbons (Fsp3) is 1.00. The average molecular weight is 599 g/mol. The Morgan fingerprint density at radius 1 is 0.721 bits per heavy atom. The Morgan fingerprint density at radius 3 is 1.95 bits per heavy atom. The lowest BCUT2D eigenvalue weighted by Gasteiger charge is -2.72. The first-order valence-electron chi connectivity index (χ1n) is 19.3. The average Bonchev–Trinajstić information content (AvgIpc) is 2.93. The first-order chi connectivity index (χ1) is 20.3. The molecule has 6 saturated carbocycles. The maximum absolute atomic E-state index is 12.5. The molecule has 0 aromatic rings. The number of aliphatic hydroxyl groups excluding tert-OH is 3. The Balaban J connectivity index is 1.18. The Morgan fingerprint density at radius 2 is 1.33 bits per heavy atom. The van der Waals surface area contributed by atoms with Crippen molar-refractivity contribution in [3.63, 3.8) is 0 Å². The summed E-state index contributed by atoms with van der Waals surface area (Å²) in [6, 6.07) is 0. The monoisotopic (exact) mass is 599 g/mol. The van der Waals surface area contributed by atoms with E-state index < -0.39 is 12.2 Å². The van der Waals surface area contributed by atoms with Crippen molar-refractivity contribution in [2.75, 3.05) is 0 Å². The van der Waals surface area contributed by atoms with Crippen LogP contribution in [0, 0.1) is 81.3 Å². The first-order valence-corrected chi connectivity index (χ1v) is 19.3. The van der Waals surface area contributed by atoms with Gasteiger partial charge in [-0.25, -0.2) is 0 Å². The summed E-state index contributed by atoms with van der Waals surface area (Å²) in [6.45, 7) is 16.3. The lowest BCUT2D eigenvalue weighted by atomic mass is 9.34. The Kier molecular flexibility index (Phi) is 9.27. The molecule has 0 aromatic carbocycles. The van der Waals surface area contributed by atoms with E-state index in [-0.39, 0.29) is 40.1 Å². The molecule has 0 spiro atoms. The van der Waals surface area contributed by atoms with E-state index >= 15 is 0 Å². The second-order valence-corrected chi connectivity index (χ2v) is 19.0. The van der Waals surface area contributed by atoms with Crippen LogP contribution < -0.4 is 0 Å². The van der Waals surface area contributed by atoms with Crippen LogP contribution in [0.15, 0.2) is 0 Å². The Labute approximate surface area is 265 Å². The van der Waals surface area contributed by atoms with Crippen molar-refractivity contribution in [2.45, 2.75) is 170 Å². The van der Waals surface area contributed by atoms with E-state index in [2.05, 4.69) is 41.5 Å². The predicted molar refractivity (Wildman–Crippen MR) is 177 cm³/mol. The molecule has 6 aliphatic rings. The summed E-state index contributed by atoms with van der Waals surface area (Å²) in [5.41, 5.74) is -0.175. The quantitative estimate of drug-likeness (QED) is 0.296. The molecule has 0 saturated heterocycles. The van der Waals surface area contributed by atoms with Gasteiger partial charge in [0.2, 0.25) is 0 Å². The van der Waals surface area contributed by atoms with Crippen LogP contribution in [0.2, 0.25) is 0 Å². The molecule has 0 heterocycles. The number of fused-ring (bicyclic) bond motifs is 3. The number of hydrogen-bond acceptors (Lipinski definition) is 3. The lowest BCUT2D eigenvalue weighted by molar-refractivity contribution is -0.279. The van der Waals surface area contributed by atoms with E-state index in [0.29, 0.717) is 23.7 Å². The second-order valence-electron chi connectivity index (χ2n) is 19.0. The van der Waals surface area contributed by atoms with Crippen LogP contribution in [0.25, 0.3) is 0 Å². The third kappa shape index (κ3) is 5.52. The number of hydrogen-bond donors (Lipinski definition) is 3. The highest BCUT2D eigenvalue weighted by atomic mass is 16.3. The van der Waals surface area contributed by atoms with Gasteiger partial charge in [0.15, 0.2) is 0 Å². The van der Waals surface area contributed by atoms with Crippen molar-refractivity contribution in [3.8, 4) is 0 Å². The minimum atomic E-state index is -0.532. The minimum absolute atomic E-state index is 0.0148. The number of rotatable bonds is 5. The molecule has 0 bridgehead atoms. The zero-order chi connectivity index (χ0) is 30.9. The van der Waals surface area contributed by atoms with Gasteiger partial charge in [0, 0.05) is 11.3 Å². The smallest absolute Gasteiger partial charge is 0.0656 e. The lowest BCUT2D eigenvalue weighted by Crippen LogP contribution is -2.70. The van der Waals surface area contributed by atoms with Crippen LogP contribution in [0.4, 0.5) is 0 Å². The topological polar surface area (TPSA) is 60.7 Å². The molecule has 14 unspecified atom stereocenters. The molecule has 6 rings (SSSR count). The molecule has 248 valence electrons. The van der Waals surface area contributed by atoms with Crippen LogP contribution in [0.5, 0.6) is 0 Å². The van der Waals surface area contributed by atoms with Gasteiger partial charge in [0.05, 0.1) is 18.3 Å². The van der Waals surface area contributed by atoms with E-state index in [1.165, 1.54) is 89.9 Å². The van der Waals surface area contributed by atoms with Crippen LogP contribution in [-0.4, -0.2) is 33.6 Å². The van der Waals surface area contributed by atoms with Crippen molar-refractivity contribution >= 4 is 0 Å². The second kappa shape index (κ2) is 12.2. The fourth-order valence-corrected chi connectivity index (χ4v) is 14.5. The molecule has 14 atom stereocenters. The first kappa shape index (κ1) is 32.8. The van der Waals surface area contributed by atoms with E-state index in [1.807, 2.05) is 6.92 Å². The van der Waals surface area contributed by atoms with E-state index in [9.17, 15) is 15.3 Å². The Hall–Kier alpha value is -0.120. The van der Waals surface area contributed by atoms with Crippen molar-refractivity contribution in [3.05, 3.63) is 0 Å². The molecule has 6 fully saturated rings. The molecule has 3 nitrogen and oxygen atoms in total. The molecule has 6 aliphatic carbocycles. The third-order valence-electron chi connectivity index (χ3n) is 16.6. The predicted octanol–water partition coefficient (Wildman–Crippen LogP) is 9.27. The highest BCUT2D eigenvalue weighted by Gasteiger charge is 2.70. The van der Waals surface area contributed by atoms with Gasteiger partial charge >= 0.3 is 0 Å². The normalized spacial score (nSPS) is 55.1. The maximum atomic E-state index is 12.5. The van der Waals surface area contributed by atoms with E-state index in [4.69, 9.17) is 0 Å². The summed E-state index contributed by atoms with van der Waals surface area (Å²) in [4.78, 5) is 0. The highest BCUT2D eigenvalue weighted by Crippen LogP contribution is 2.73. The molecule has 43 heavy (non-hydrogen) atoms. The molecular weight excluding hydrogens is 528 g/mol. The van der Waals surface area contributed by atoms with E-state index in [0.717, 1.165) is 36.5 Å². The SMILES string of the molecule is CC(O)C1C(C)CC2(C)CC3(C)CC4C(CC5CCC(CC6CCCCC6)CC5)CCC(C)C4C(O)C3C(C)C2(C)C1O. The van der Waals surface area contributed by atoms with Gasteiger partial charge in [0.25, 0.3) is 0 Å². The minimum Gasteiger partial charge on any atom is -0.393 e. The molecule has 0 aromatic heterocycles. The van der Waals surface area contributed by atoms with E-state index in [1.54, 1.807) is 0 Å². The van der Waals surface area contributed by atoms with Crippen molar-refractivity contribution < 1.29 is 15.3 Å². The van der Waals surface area contributed by atoms with Gasteiger partial charge in [-0.3, -0.25) is 0 Å². The summed E-state index contributed by atoms with van der Waals surface area (Å²) >= 11 is 0. The zero-order valence-corrected chi connectivity index (χ0v) is 29.2. The van der Waals surface area contributed by atoms with Crippen LogP contribution >= 0.6 is 0 Å². The summed E-state index contributed by atoms with van der Waals surface area (Å²) in [6.07, 6.45) is 21.0. The third-order valence-corrected chi connectivity index (χ3v) is 16.6. The maximum Gasteiger partial charge on any atom is 0.0656 e. The molecular formula is C40H70O3. The van der Waals surface area contributed by atoms with Crippen molar-refractivity contribution in [2.24, 2.45) is 81.3 Å². The van der Waals surface area contributed by atoms with Crippen LogP contribution in [0.1, 0.15) is 151 Å². The van der Waals surface area contributed by atoms with Gasteiger partial charge in [0.1, 0.15) is 0 Å². The van der Waals surface area contributed by atoms with Crippen LogP contribution in [0.3, 0.4) is 0 Å². The Bertz CT molecular complexity index is 949. The number of aliphatic hydroxyl groups is 3. The fourth-order valence-electron chi connectivity index (χ4n) is 14.5. The summed E-state index contributed by atoms with van der Waals surface area (Å²) in [5.74, 6) is 6.01. The van der Waals surface area contributed by atoms with Crippen molar-refractivity contribution in [1.82, 2.24) is 0 Å². The van der Waals surface area contributed by atoms with Gasteiger partial charge in [-0.2, -0.15) is 0 Å². The van der Waals surface area contributed by atoms with Crippen molar-refractivity contribution in [1.29, 1.82) is 0 Å². The molecule has 0 aliphatic heterocycles. The summed E-state index contributed by atoms with van der Waals surface area (Å²) in [5, 5.41) is 35.3. The largest absolute Gasteiger partial charge is 0.393 e. The summed E-state index contributed by atoms with van der Waals surface area (Å²) < 4.78 is 0. The summed E-state index contributed by atoms with van der Waals surface area (Å²) in [7, 11) is 0. The van der Waals surface area contributed by atoms with Crippen LogP contribution in [-0.2, 0) is 0 Å². The molecule has 3 heteroatoms. The molecule has 0 radical (unpaired) electrons.